The Labute approximate surface area is 120 Å². The average Bonchev–Trinajstić information content (AvgIpc) is 2.61. The summed E-state index contributed by atoms with van der Waals surface area (Å²) >= 11 is 0. The lowest BCUT2D eigenvalue weighted by molar-refractivity contribution is -0.128. The SMILES string of the molecule is CNC(=O)CC1(O)COCCN(CC2CCOCC2)C1. The molecule has 0 aromatic rings. The zero-order valence-electron chi connectivity index (χ0n) is 12.3. The smallest absolute Gasteiger partial charge is 0.222 e. The number of carbonyl (C=O) groups is 1. The van der Waals surface area contributed by atoms with Gasteiger partial charge in [0, 0.05) is 39.9 Å². The van der Waals surface area contributed by atoms with E-state index in [1.165, 1.54) is 0 Å². The van der Waals surface area contributed by atoms with Crippen molar-refractivity contribution >= 4 is 5.91 Å². The van der Waals surface area contributed by atoms with Crippen LogP contribution in [0.25, 0.3) is 0 Å². The minimum atomic E-state index is -1.08. The van der Waals surface area contributed by atoms with Gasteiger partial charge in [0.25, 0.3) is 0 Å². The molecule has 2 aliphatic heterocycles. The highest BCUT2D eigenvalue weighted by Gasteiger charge is 2.35. The Morgan fingerprint density at radius 1 is 1.35 bits per heavy atom. The minimum Gasteiger partial charge on any atom is -0.386 e. The molecule has 6 heteroatoms. The third-order valence-corrected chi connectivity index (χ3v) is 4.07. The van der Waals surface area contributed by atoms with Crippen LogP contribution in [-0.4, -0.2) is 74.6 Å². The average molecular weight is 286 g/mol. The number of hydrogen-bond acceptors (Lipinski definition) is 5. The molecule has 1 atom stereocenters. The van der Waals surface area contributed by atoms with Crippen LogP contribution >= 0.6 is 0 Å². The first kappa shape index (κ1) is 15.7. The predicted molar refractivity (Wildman–Crippen MR) is 74.4 cm³/mol. The highest BCUT2D eigenvalue weighted by Crippen LogP contribution is 2.21. The molecule has 6 nitrogen and oxygen atoms in total. The summed E-state index contributed by atoms with van der Waals surface area (Å²) in [6, 6.07) is 0. The summed E-state index contributed by atoms with van der Waals surface area (Å²) in [6.07, 6.45) is 2.24. The monoisotopic (exact) mass is 286 g/mol. The molecule has 0 bridgehead atoms. The highest BCUT2D eigenvalue weighted by atomic mass is 16.5. The second-order valence-corrected chi connectivity index (χ2v) is 5.92. The van der Waals surface area contributed by atoms with E-state index in [0.717, 1.165) is 39.1 Å². The molecule has 2 N–H and O–H groups in total. The molecule has 2 aliphatic rings. The van der Waals surface area contributed by atoms with Crippen molar-refractivity contribution < 1.29 is 19.4 Å². The van der Waals surface area contributed by atoms with Crippen LogP contribution in [0.2, 0.25) is 0 Å². The van der Waals surface area contributed by atoms with Crippen molar-refractivity contribution in [1.82, 2.24) is 10.2 Å². The highest BCUT2D eigenvalue weighted by molar-refractivity contribution is 5.76. The largest absolute Gasteiger partial charge is 0.386 e. The van der Waals surface area contributed by atoms with E-state index in [0.29, 0.717) is 19.1 Å². The van der Waals surface area contributed by atoms with Crippen molar-refractivity contribution in [2.75, 3.05) is 53.1 Å². The maximum Gasteiger partial charge on any atom is 0.222 e. The summed E-state index contributed by atoms with van der Waals surface area (Å²) in [4.78, 5) is 13.8. The molecule has 2 fully saturated rings. The van der Waals surface area contributed by atoms with Crippen LogP contribution in [0.3, 0.4) is 0 Å². The summed E-state index contributed by atoms with van der Waals surface area (Å²) in [5.74, 6) is 0.468. The summed E-state index contributed by atoms with van der Waals surface area (Å²) in [5.41, 5.74) is -1.08. The van der Waals surface area contributed by atoms with Gasteiger partial charge in [0.2, 0.25) is 5.91 Å². The summed E-state index contributed by atoms with van der Waals surface area (Å²) in [7, 11) is 1.59. The van der Waals surface area contributed by atoms with Gasteiger partial charge in [0.05, 0.1) is 19.6 Å². The number of rotatable bonds is 4. The minimum absolute atomic E-state index is 0.0910. The number of nitrogens with zero attached hydrogens (tertiary/aromatic N) is 1. The first-order valence-corrected chi connectivity index (χ1v) is 7.42. The van der Waals surface area contributed by atoms with Crippen molar-refractivity contribution in [3.05, 3.63) is 0 Å². The van der Waals surface area contributed by atoms with Gasteiger partial charge < -0.3 is 19.9 Å². The van der Waals surface area contributed by atoms with Gasteiger partial charge >= 0.3 is 0 Å². The van der Waals surface area contributed by atoms with Crippen molar-refractivity contribution in [2.45, 2.75) is 24.9 Å². The Bertz CT molecular complexity index is 320. The van der Waals surface area contributed by atoms with E-state index in [2.05, 4.69) is 10.2 Å². The number of nitrogens with one attached hydrogen (secondary N) is 1. The van der Waals surface area contributed by atoms with Crippen LogP contribution in [0.15, 0.2) is 0 Å². The molecule has 0 aliphatic carbocycles. The normalized spacial score (nSPS) is 29.9. The summed E-state index contributed by atoms with van der Waals surface area (Å²) < 4.78 is 10.9. The summed E-state index contributed by atoms with van der Waals surface area (Å²) in [6.45, 7) is 4.76. The molecule has 2 heterocycles. The van der Waals surface area contributed by atoms with Crippen LogP contribution < -0.4 is 5.32 Å². The third kappa shape index (κ3) is 4.70. The van der Waals surface area contributed by atoms with E-state index < -0.39 is 5.60 Å². The fraction of sp³-hybridized carbons (Fsp3) is 0.929. The molecule has 0 spiro atoms. The number of amides is 1. The molecule has 116 valence electrons. The molecule has 2 saturated heterocycles. The van der Waals surface area contributed by atoms with Crippen LogP contribution in [0.1, 0.15) is 19.3 Å². The van der Waals surface area contributed by atoms with E-state index in [4.69, 9.17) is 9.47 Å². The van der Waals surface area contributed by atoms with Gasteiger partial charge in [-0.25, -0.2) is 0 Å². The fourth-order valence-corrected chi connectivity index (χ4v) is 2.94. The second-order valence-electron chi connectivity index (χ2n) is 5.92. The van der Waals surface area contributed by atoms with Crippen LogP contribution in [-0.2, 0) is 14.3 Å². The molecule has 2 rings (SSSR count). The van der Waals surface area contributed by atoms with E-state index in [1.54, 1.807) is 7.05 Å². The van der Waals surface area contributed by atoms with Crippen LogP contribution in [0.4, 0.5) is 0 Å². The van der Waals surface area contributed by atoms with Gasteiger partial charge in [-0.3, -0.25) is 9.69 Å². The maximum atomic E-state index is 11.5. The van der Waals surface area contributed by atoms with Gasteiger partial charge in [-0.15, -0.1) is 0 Å². The molecule has 20 heavy (non-hydrogen) atoms. The molecule has 1 amide bonds. The quantitative estimate of drug-likeness (QED) is 0.737. The van der Waals surface area contributed by atoms with Gasteiger partial charge in [-0.1, -0.05) is 0 Å². The number of ether oxygens (including phenoxy) is 2. The number of hydrogen-bond donors (Lipinski definition) is 2. The topological polar surface area (TPSA) is 71.0 Å². The van der Waals surface area contributed by atoms with Gasteiger partial charge in [0.1, 0.15) is 5.60 Å². The summed E-state index contributed by atoms with van der Waals surface area (Å²) in [5, 5.41) is 13.2. The Morgan fingerprint density at radius 3 is 2.80 bits per heavy atom. The van der Waals surface area contributed by atoms with Gasteiger partial charge in [0.15, 0.2) is 0 Å². The first-order valence-electron chi connectivity index (χ1n) is 7.42. The fourth-order valence-electron chi connectivity index (χ4n) is 2.94. The van der Waals surface area contributed by atoms with Gasteiger partial charge in [-0.2, -0.15) is 0 Å². The molecular formula is C14H26N2O4. The molecule has 0 saturated carbocycles. The lowest BCUT2D eigenvalue weighted by Crippen LogP contribution is -2.48. The second kappa shape index (κ2) is 7.36. The molecule has 0 radical (unpaired) electrons. The lowest BCUT2D eigenvalue weighted by Gasteiger charge is -2.33. The van der Waals surface area contributed by atoms with E-state index >= 15 is 0 Å². The van der Waals surface area contributed by atoms with Crippen LogP contribution in [0.5, 0.6) is 0 Å². The van der Waals surface area contributed by atoms with E-state index in [9.17, 15) is 9.90 Å². The van der Waals surface area contributed by atoms with Crippen molar-refractivity contribution in [1.29, 1.82) is 0 Å². The molecule has 0 aromatic heterocycles. The standard InChI is InChI=1S/C14H26N2O4/c1-15-13(17)8-14(18)10-16(4-7-20-11-14)9-12-2-5-19-6-3-12/h12,18H,2-11H2,1H3,(H,15,17). The zero-order chi connectivity index (χ0) is 14.4. The van der Waals surface area contributed by atoms with E-state index in [-0.39, 0.29) is 18.9 Å². The molecule has 1 unspecified atom stereocenters. The van der Waals surface area contributed by atoms with Crippen LogP contribution in [0, 0.1) is 5.92 Å². The number of carbonyl (C=O) groups excluding carboxylic acids is 1. The number of aliphatic hydroxyl groups is 1. The van der Waals surface area contributed by atoms with Crippen molar-refractivity contribution in [2.24, 2.45) is 5.92 Å². The Morgan fingerprint density at radius 2 is 2.10 bits per heavy atom. The molecule has 0 aromatic carbocycles. The van der Waals surface area contributed by atoms with Gasteiger partial charge in [-0.05, 0) is 18.8 Å². The lowest BCUT2D eigenvalue weighted by atomic mass is 9.96. The van der Waals surface area contributed by atoms with E-state index in [1.807, 2.05) is 0 Å². The zero-order valence-corrected chi connectivity index (χ0v) is 12.3. The predicted octanol–water partition coefficient (Wildman–Crippen LogP) is -0.388. The Balaban J connectivity index is 1.89. The number of β-amino-alcohol motifs (C(OH)–C–C–N with tert-alkyl or cyclic N) is 1. The Kier molecular flexibility index (Phi) is 5.77. The Hall–Kier alpha value is -0.690. The van der Waals surface area contributed by atoms with Crippen molar-refractivity contribution in [3.63, 3.8) is 0 Å². The first-order chi connectivity index (χ1) is 9.61. The third-order valence-electron chi connectivity index (χ3n) is 4.07. The molecular weight excluding hydrogens is 260 g/mol. The van der Waals surface area contributed by atoms with Crippen molar-refractivity contribution in [3.8, 4) is 0 Å². The maximum absolute atomic E-state index is 11.5.